The summed E-state index contributed by atoms with van der Waals surface area (Å²) < 4.78 is 40.8. The first kappa shape index (κ1) is 29.8. The van der Waals surface area contributed by atoms with E-state index in [0.717, 1.165) is 32.1 Å². The lowest BCUT2D eigenvalue weighted by atomic mass is 9.47. The number of alkyl halides is 3. The molecule has 6 saturated carbocycles. The monoisotopic (exact) mass is 617 g/mol. The van der Waals surface area contributed by atoms with Crippen molar-refractivity contribution in [2.24, 2.45) is 58.2 Å². The van der Waals surface area contributed by atoms with Gasteiger partial charge in [0, 0.05) is 24.4 Å². The van der Waals surface area contributed by atoms with Crippen LogP contribution >= 0.6 is 0 Å². The number of fused-ring (bicyclic) bond motifs is 4. The van der Waals surface area contributed by atoms with Crippen molar-refractivity contribution in [2.45, 2.75) is 95.9 Å². The van der Waals surface area contributed by atoms with Gasteiger partial charge in [0.1, 0.15) is 18.1 Å². The maximum atomic E-state index is 14.5. The van der Waals surface area contributed by atoms with Crippen molar-refractivity contribution in [1.82, 2.24) is 20.9 Å². The van der Waals surface area contributed by atoms with Gasteiger partial charge in [0.25, 0.3) is 0 Å². The number of rotatable bonds is 7. The second-order valence-electron chi connectivity index (χ2n) is 15.9. The van der Waals surface area contributed by atoms with Crippen LogP contribution in [-0.4, -0.2) is 65.9 Å². The number of carbonyl (C=O) groups is 4. The molecule has 3 heterocycles. The minimum Gasteiger partial charge on any atom is -0.356 e. The molecule has 3 N–H and O–H groups in total. The Kier molecular flexibility index (Phi) is 6.84. The fourth-order valence-corrected chi connectivity index (χ4v) is 11.0. The third-order valence-corrected chi connectivity index (χ3v) is 12.9. The molecule has 3 saturated heterocycles. The number of nitrogens with zero attached hydrogens (tertiary/aromatic N) is 2. The Hall–Kier alpha value is -2.84. The Morgan fingerprint density at radius 1 is 1.02 bits per heavy atom. The van der Waals surface area contributed by atoms with Crippen molar-refractivity contribution in [1.29, 1.82) is 5.26 Å². The van der Waals surface area contributed by atoms with Crippen molar-refractivity contribution in [2.75, 3.05) is 13.1 Å². The van der Waals surface area contributed by atoms with Crippen molar-refractivity contribution in [3.05, 3.63) is 0 Å². The summed E-state index contributed by atoms with van der Waals surface area (Å²) in [4.78, 5) is 54.9. The standard InChI is InChI=1S/C32H42F3N5O4/c1-30(2)22-14-40(24(23(22)30)27(42)38-20(12-36)8-21-19-6-18(7-19)13-37-26(21)41)28(43)25(39-29(44)32(33,34)35)31-9-15-3-16(10-31)5-17(4-15)11-31/h15-25H,3-11,13-14H2,1-2H3,(H,37,41)(H,38,42)(H,39,44)/t15?,16?,17?,18?,19?,20-,21+,22-,23-,24-,25?,31?/m0/s1. The zero-order chi connectivity index (χ0) is 31.3. The van der Waals surface area contributed by atoms with Crippen molar-refractivity contribution in [3.8, 4) is 6.07 Å². The number of nitriles is 1. The summed E-state index contributed by atoms with van der Waals surface area (Å²) in [5.74, 6) is -2.38. The molecule has 0 radical (unpaired) electrons. The zero-order valence-corrected chi connectivity index (χ0v) is 25.3. The summed E-state index contributed by atoms with van der Waals surface area (Å²) >= 11 is 0. The highest BCUT2D eigenvalue weighted by Crippen LogP contribution is 2.66. The van der Waals surface area contributed by atoms with Gasteiger partial charge >= 0.3 is 12.1 Å². The van der Waals surface area contributed by atoms with E-state index in [1.807, 2.05) is 13.8 Å². The summed E-state index contributed by atoms with van der Waals surface area (Å²) in [5.41, 5.74) is -1.02. The lowest BCUT2D eigenvalue weighted by molar-refractivity contribution is -0.179. The molecule has 6 atom stereocenters. The molecular formula is C32H42F3N5O4. The fourth-order valence-electron chi connectivity index (χ4n) is 11.0. The molecule has 0 spiro atoms. The Bertz CT molecular complexity index is 1270. The maximum Gasteiger partial charge on any atom is 0.471 e. The number of nitrogens with one attached hydrogen (secondary N) is 3. The van der Waals surface area contributed by atoms with Gasteiger partial charge in [-0.3, -0.25) is 19.2 Å². The van der Waals surface area contributed by atoms with Crippen molar-refractivity contribution >= 4 is 23.6 Å². The molecule has 0 aromatic heterocycles. The van der Waals surface area contributed by atoms with Gasteiger partial charge in [0.05, 0.1) is 6.07 Å². The van der Waals surface area contributed by atoms with E-state index in [2.05, 4.69) is 22.0 Å². The van der Waals surface area contributed by atoms with Crippen LogP contribution < -0.4 is 16.0 Å². The van der Waals surface area contributed by atoms with Crippen LogP contribution in [-0.2, 0) is 19.2 Å². The predicted octanol–water partition coefficient (Wildman–Crippen LogP) is 2.90. The molecule has 240 valence electrons. The molecule has 9 rings (SSSR count). The third kappa shape index (κ3) is 4.79. The number of halogens is 3. The average Bonchev–Trinajstić information content (AvgIpc) is 3.30. The number of hydrogen-bond donors (Lipinski definition) is 3. The van der Waals surface area contributed by atoms with Crippen LogP contribution in [0.3, 0.4) is 0 Å². The van der Waals surface area contributed by atoms with Crippen LogP contribution in [0.1, 0.15) is 71.6 Å². The van der Waals surface area contributed by atoms with Crippen molar-refractivity contribution in [3.63, 3.8) is 0 Å². The summed E-state index contributed by atoms with van der Waals surface area (Å²) in [6, 6.07) is -1.15. The van der Waals surface area contributed by atoms with E-state index in [-0.39, 0.29) is 48.0 Å². The van der Waals surface area contributed by atoms with Gasteiger partial charge < -0.3 is 20.9 Å². The van der Waals surface area contributed by atoms with Gasteiger partial charge in [-0.1, -0.05) is 13.8 Å². The molecule has 9 fully saturated rings. The lowest BCUT2D eigenvalue weighted by Gasteiger charge is -2.59. The first-order valence-corrected chi connectivity index (χ1v) is 16.4. The Labute approximate surface area is 255 Å². The second kappa shape index (κ2) is 10.1. The normalized spacial score (nSPS) is 42.1. The highest BCUT2D eigenvalue weighted by molar-refractivity contribution is 5.95. The molecule has 1 unspecified atom stereocenters. The summed E-state index contributed by atoms with van der Waals surface area (Å²) in [7, 11) is 0. The molecule has 9 aliphatic rings. The first-order chi connectivity index (χ1) is 20.7. The molecule has 9 nitrogen and oxygen atoms in total. The number of likely N-dealkylation sites (tertiary alicyclic amines) is 1. The smallest absolute Gasteiger partial charge is 0.356 e. The maximum absolute atomic E-state index is 14.5. The van der Waals surface area contributed by atoms with Crippen molar-refractivity contribution < 1.29 is 32.3 Å². The number of piperidine rings is 1. The molecule has 4 amide bonds. The Morgan fingerprint density at radius 3 is 2.20 bits per heavy atom. The van der Waals surface area contributed by atoms with E-state index >= 15 is 0 Å². The molecular weight excluding hydrogens is 575 g/mol. The largest absolute Gasteiger partial charge is 0.471 e. The van der Waals surface area contributed by atoms with Gasteiger partial charge in [0.15, 0.2) is 0 Å². The minimum absolute atomic E-state index is 0.0161. The quantitative estimate of drug-likeness (QED) is 0.405. The van der Waals surface area contributed by atoms with E-state index in [0.29, 0.717) is 49.5 Å². The Balaban J connectivity index is 1.14. The van der Waals surface area contributed by atoms with Crippen LogP contribution in [0, 0.1) is 69.5 Å². The fraction of sp³-hybridized carbons (Fsp3) is 0.844. The highest BCUT2D eigenvalue weighted by atomic mass is 19.4. The highest BCUT2D eigenvalue weighted by Gasteiger charge is 2.70. The van der Waals surface area contributed by atoms with Gasteiger partial charge in [-0.05, 0) is 105 Å². The summed E-state index contributed by atoms with van der Waals surface area (Å²) in [6.07, 6.45) is 1.67. The van der Waals surface area contributed by atoms with Gasteiger partial charge in [-0.25, -0.2) is 0 Å². The Morgan fingerprint density at radius 2 is 1.64 bits per heavy atom. The summed E-state index contributed by atoms with van der Waals surface area (Å²) in [6.45, 7) is 4.86. The van der Waals surface area contributed by atoms with E-state index < -0.39 is 47.4 Å². The SMILES string of the molecule is CC1(C)[C@@H]2[C@@H](C(=O)N[C@H](C#N)C[C@H]3C(=O)NCC4CC3C4)N(C(=O)C(NC(=O)C(F)(F)F)C34CC5CC(CC(C5)C3)C4)C[C@@H]21. The van der Waals surface area contributed by atoms with E-state index in [4.69, 9.17) is 0 Å². The second-order valence-corrected chi connectivity index (χ2v) is 15.9. The van der Waals surface area contributed by atoms with E-state index in [9.17, 15) is 37.6 Å². The molecule has 6 bridgehead atoms. The molecule has 12 heteroatoms. The number of hydrogen-bond acceptors (Lipinski definition) is 5. The number of carbonyl (C=O) groups excluding carboxylic acids is 4. The van der Waals surface area contributed by atoms with Crippen LogP contribution in [0.4, 0.5) is 13.2 Å². The number of amides is 4. The molecule has 0 aromatic rings. The van der Waals surface area contributed by atoms with Crippen LogP contribution in [0.5, 0.6) is 0 Å². The zero-order valence-electron chi connectivity index (χ0n) is 25.3. The predicted molar refractivity (Wildman–Crippen MR) is 150 cm³/mol. The van der Waals surface area contributed by atoms with Crippen LogP contribution in [0.15, 0.2) is 0 Å². The van der Waals surface area contributed by atoms with Gasteiger partial charge in [-0.2, -0.15) is 18.4 Å². The van der Waals surface area contributed by atoms with Gasteiger partial charge in [0.2, 0.25) is 17.7 Å². The molecule has 44 heavy (non-hydrogen) atoms. The van der Waals surface area contributed by atoms with E-state index in [1.54, 1.807) is 0 Å². The minimum atomic E-state index is -5.14. The lowest BCUT2D eigenvalue weighted by Crippen LogP contribution is -2.65. The topological polar surface area (TPSA) is 131 Å². The van der Waals surface area contributed by atoms with Crippen LogP contribution in [0.2, 0.25) is 0 Å². The van der Waals surface area contributed by atoms with Gasteiger partial charge in [-0.15, -0.1) is 0 Å². The average molecular weight is 618 g/mol. The summed E-state index contributed by atoms with van der Waals surface area (Å²) in [5, 5.41) is 17.9. The van der Waals surface area contributed by atoms with Crippen LogP contribution in [0.25, 0.3) is 0 Å². The van der Waals surface area contributed by atoms with E-state index in [1.165, 1.54) is 4.90 Å². The third-order valence-electron chi connectivity index (χ3n) is 12.9. The first-order valence-electron chi connectivity index (χ1n) is 16.4. The molecule has 0 aromatic carbocycles. The molecule has 6 aliphatic carbocycles. The molecule has 3 aliphatic heterocycles.